The van der Waals surface area contributed by atoms with E-state index in [0.29, 0.717) is 5.56 Å². The van der Waals surface area contributed by atoms with Crippen LogP contribution < -0.4 is 5.56 Å². The third-order valence-electron chi connectivity index (χ3n) is 2.71. The summed E-state index contributed by atoms with van der Waals surface area (Å²) in [6.45, 7) is 0. The number of aromatic amines is 1. The molecule has 0 bridgehead atoms. The van der Waals surface area contributed by atoms with Gasteiger partial charge in [0.2, 0.25) is 5.88 Å². The number of nitriles is 1. The Bertz CT molecular complexity index is 452. The van der Waals surface area contributed by atoms with Crippen LogP contribution in [-0.4, -0.2) is 10.1 Å². The lowest BCUT2D eigenvalue weighted by molar-refractivity contribution is 0.409. The zero-order valence-electron chi connectivity index (χ0n) is 7.58. The van der Waals surface area contributed by atoms with Gasteiger partial charge in [0.25, 0.3) is 5.56 Å². The molecule has 0 spiro atoms. The van der Waals surface area contributed by atoms with Crippen LogP contribution in [0.15, 0.2) is 10.9 Å². The molecule has 0 amide bonds. The second kappa shape index (κ2) is 3.18. The van der Waals surface area contributed by atoms with Crippen LogP contribution in [0.3, 0.4) is 0 Å². The van der Waals surface area contributed by atoms with Crippen molar-refractivity contribution in [2.75, 3.05) is 0 Å². The zero-order chi connectivity index (χ0) is 10.1. The molecule has 0 aromatic carbocycles. The number of pyridine rings is 1. The molecule has 0 unspecified atom stereocenters. The number of H-pyrrole nitrogens is 1. The van der Waals surface area contributed by atoms with Gasteiger partial charge in [0.15, 0.2) is 0 Å². The fourth-order valence-corrected chi connectivity index (χ4v) is 1.72. The molecule has 0 aliphatic heterocycles. The van der Waals surface area contributed by atoms with E-state index in [-0.39, 0.29) is 22.9 Å². The summed E-state index contributed by atoms with van der Waals surface area (Å²) in [5.41, 5.74) is 0.567. The Morgan fingerprint density at radius 1 is 1.57 bits per heavy atom. The van der Waals surface area contributed by atoms with Crippen molar-refractivity contribution >= 4 is 0 Å². The first-order valence-corrected chi connectivity index (χ1v) is 4.58. The molecule has 2 rings (SSSR count). The van der Waals surface area contributed by atoms with Crippen molar-refractivity contribution in [2.24, 2.45) is 0 Å². The third kappa shape index (κ3) is 1.27. The van der Waals surface area contributed by atoms with Crippen LogP contribution in [0.25, 0.3) is 0 Å². The van der Waals surface area contributed by atoms with Gasteiger partial charge in [-0.3, -0.25) is 9.78 Å². The summed E-state index contributed by atoms with van der Waals surface area (Å²) in [4.78, 5) is 13.3. The zero-order valence-corrected chi connectivity index (χ0v) is 7.58. The first kappa shape index (κ1) is 8.82. The second-order valence-electron chi connectivity index (χ2n) is 3.55. The van der Waals surface area contributed by atoms with E-state index < -0.39 is 0 Å². The van der Waals surface area contributed by atoms with Crippen LogP contribution in [0.2, 0.25) is 0 Å². The predicted molar refractivity (Wildman–Crippen MR) is 50.0 cm³/mol. The van der Waals surface area contributed by atoms with E-state index in [9.17, 15) is 9.90 Å². The highest BCUT2D eigenvalue weighted by Gasteiger charge is 2.24. The fourth-order valence-electron chi connectivity index (χ4n) is 1.72. The summed E-state index contributed by atoms with van der Waals surface area (Å²) in [6, 6.07) is 3.34. The maximum absolute atomic E-state index is 11.1. The summed E-state index contributed by atoms with van der Waals surface area (Å²) in [6.07, 6.45) is 3.12. The quantitative estimate of drug-likeness (QED) is 0.698. The molecule has 1 fully saturated rings. The van der Waals surface area contributed by atoms with Gasteiger partial charge in [0.1, 0.15) is 11.6 Å². The van der Waals surface area contributed by atoms with E-state index in [4.69, 9.17) is 5.26 Å². The maximum atomic E-state index is 11.1. The lowest BCUT2D eigenvalue weighted by Gasteiger charge is -2.26. The summed E-state index contributed by atoms with van der Waals surface area (Å²) in [7, 11) is 0. The molecule has 4 heteroatoms. The van der Waals surface area contributed by atoms with Crippen molar-refractivity contribution in [1.82, 2.24) is 4.98 Å². The highest BCUT2D eigenvalue weighted by molar-refractivity contribution is 5.45. The van der Waals surface area contributed by atoms with E-state index in [2.05, 4.69) is 4.98 Å². The summed E-state index contributed by atoms with van der Waals surface area (Å²) in [5.74, 6) is -0.0280. The average molecular weight is 190 g/mol. The van der Waals surface area contributed by atoms with Crippen molar-refractivity contribution in [3.05, 3.63) is 27.5 Å². The van der Waals surface area contributed by atoms with Crippen molar-refractivity contribution < 1.29 is 5.11 Å². The van der Waals surface area contributed by atoms with E-state index in [1.54, 1.807) is 0 Å². The minimum atomic E-state index is -0.344. The Morgan fingerprint density at radius 3 is 2.79 bits per heavy atom. The lowest BCUT2D eigenvalue weighted by Crippen LogP contribution is -2.15. The highest BCUT2D eigenvalue weighted by atomic mass is 16.3. The topological polar surface area (TPSA) is 76.9 Å². The lowest BCUT2D eigenvalue weighted by atomic mass is 9.79. The molecule has 14 heavy (non-hydrogen) atoms. The molecule has 4 nitrogen and oxygen atoms in total. The Kier molecular flexibility index (Phi) is 2.01. The molecule has 1 aromatic rings. The van der Waals surface area contributed by atoms with Crippen molar-refractivity contribution in [3.8, 4) is 11.9 Å². The number of aromatic hydroxyl groups is 1. The van der Waals surface area contributed by atoms with E-state index >= 15 is 0 Å². The number of hydrogen-bond acceptors (Lipinski definition) is 3. The molecular weight excluding hydrogens is 180 g/mol. The van der Waals surface area contributed by atoms with Gasteiger partial charge in [0.05, 0.1) is 0 Å². The van der Waals surface area contributed by atoms with Crippen LogP contribution in [0.1, 0.15) is 36.3 Å². The predicted octanol–water partition coefficient (Wildman–Crippen LogP) is 1.22. The Labute approximate surface area is 80.8 Å². The molecule has 0 atom stereocenters. The fraction of sp³-hybridized carbons (Fsp3) is 0.400. The largest absolute Gasteiger partial charge is 0.494 e. The van der Waals surface area contributed by atoms with E-state index in [1.165, 1.54) is 6.07 Å². The molecule has 72 valence electrons. The smallest absolute Gasteiger partial charge is 0.251 e. The van der Waals surface area contributed by atoms with Crippen LogP contribution in [-0.2, 0) is 0 Å². The molecule has 0 radical (unpaired) electrons. The molecule has 1 aromatic heterocycles. The van der Waals surface area contributed by atoms with Gasteiger partial charge in [-0.25, -0.2) is 0 Å². The summed E-state index contributed by atoms with van der Waals surface area (Å²) in [5, 5.41) is 18.2. The van der Waals surface area contributed by atoms with Crippen LogP contribution >= 0.6 is 0 Å². The second-order valence-corrected chi connectivity index (χ2v) is 3.55. The van der Waals surface area contributed by atoms with Gasteiger partial charge in [-0.05, 0) is 24.3 Å². The Morgan fingerprint density at radius 2 is 2.29 bits per heavy atom. The maximum Gasteiger partial charge on any atom is 0.251 e. The highest BCUT2D eigenvalue weighted by Crippen LogP contribution is 2.38. The Hall–Kier alpha value is -1.76. The minimum absolute atomic E-state index is 0.217. The molecule has 0 saturated heterocycles. The van der Waals surface area contributed by atoms with Crippen LogP contribution in [0.4, 0.5) is 0 Å². The minimum Gasteiger partial charge on any atom is -0.494 e. The van der Waals surface area contributed by atoms with Gasteiger partial charge < -0.3 is 5.11 Å². The number of nitrogens with one attached hydrogen (secondary N) is 1. The number of rotatable bonds is 1. The van der Waals surface area contributed by atoms with E-state index in [1.807, 2.05) is 6.07 Å². The Balaban J connectivity index is 2.56. The molecule has 1 aliphatic rings. The molecule has 2 N–H and O–H groups in total. The van der Waals surface area contributed by atoms with Crippen LogP contribution in [0, 0.1) is 11.3 Å². The average Bonchev–Trinajstić information content (AvgIpc) is 1.99. The van der Waals surface area contributed by atoms with Gasteiger partial charge >= 0.3 is 0 Å². The van der Waals surface area contributed by atoms with Crippen molar-refractivity contribution in [2.45, 2.75) is 25.2 Å². The first-order chi connectivity index (χ1) is 6.72. The van der Waals surface area contributed by atoms with Gasteiger partial charge in [-0.2, -0.15) is 5.26 Å². The van der Waals surface area contributed by atoms with Gasteiger partial charge in [-0.1, -0.05) is 6.42 Å². The normalized spacial score (nSPS) is 15.9. The SMILES string of the molecule is N#Cc1c(C2CCC2)cc(=O)[nH]c1O. The molecule has 1 heterocycles. The molecular formula is C10H10N2O2. The van der Waals surface area contributed by atoms with Crippen molar-refractivity contribution in [1.29, 1.82) is 5.26 Å². The standard InChI is InChI=1S/C10H10N2O2/c11-5-8-7(6-2-1-3-6)4-9(13)12-10(8)14/h4,6H,1-3H2,(H2,12,13,14). The van der Waals surface area contributed by atoms with Crippen molar-refractivity contribution in [3.63, 3.8) is 0 Å². The number of hydrogen-bond donors (Lipinski definition) is 2. The van der Waals surface area contributed by atoms with E-state index in [0.717, 1.165) is 19.3 Å². The first-order valence-electron chi connectivity index (χ1n) is 4.58. The number of aromatic nitrogens is 1. The monoisotopic (exact) mass is 190 g/mol. The third-order valence-corrected chi connectivity index (χ3v) is 2.71. The summed E-state index contributed by atoms with van der Waals surface area (Å²) >= 11 is 0. The molecule has 1 saturated carbocycles. The van der Waals surface area contributed by atoms with Gasteiger partial charge in [0, 0.05) is 6.07 Å². The van der Waals surface area contributed by atoms with Gasteiger partial charge in [-0.15, -0.1) is 0 Å². The van der Waals surface area contributed by atoms with Crippen LogP contribution in [0.5, 0.6) is 5.88 Å². The summed E-state index contributed by atoms with van der Waals surface area (Å²) < 4.78 is 0. The molecule has 1 aliphatic carbocycles. The number of nitrogens with zero attached hydrogens (tertiary/aromatic N) is 1.